The zero-order valence-electron chi connectivity index (χ0n) is 20.8. The number of hydrogen-bond donors (Lipinski definition) is 1. The van der Waals surface area contributed by atoms with Gasteiger partial charge in [-0.25, -0.2) is 9.78 Å². The van der Waals surface area contributed by atoms with E-state index in [2.05, 4.69) is 22.1 Å². The molecule has 0 saturated carbocycles. The van der Waals surface area contributed by atoms with E-state index in [1.54, 1.807) is 30.3 Å². The molecule has 34 heavy (non-hydrogen) atoms. The molecule has 1 fully saturated rings. The number of nitrogens with one attached hydrogen (secondary N) is 1. The van der Waals surface area contributed by atoms with Gasteiger partial charge in [-0.05, 0) is 70.0 Å². The van der Waals surface area contributed by atoms with Gasteiger partial charge in [0, 0.05) is 27.1 Å². The van der Waals surface area contributed by atoms with Crippen LogP contribution in [-0.2, 0) is 4.74 Å². The van der Waals surface area contributed by atoms with Gasteiger partial charge in [0.05, 0.1) is 24.5 Å². The van der Waals surface area contributed by atoms with Crippen molar-refractivity contribution in [3.05, 3.63) is 48.2 Å². The molecule has 2 heterocycles. The third kappa shape index (κ3) is 7.10. The monoisotopic (exact) mass is 470 g/mol. The van der Waals surface area contributed by atoms with E-state index in [4.69, 9.17) is 9.47 Å². The summed E-state index contributed by atoms with van der Waals surface area (Å²) in [6.45, 7) is 9.86. The zero-order chi connectivity index (χ0) is 24.7. The summed E-state index contributed by atoms with van der Waals surface area (Å²) in [7, 11) is 1.78. The van der Waals surface area contributed by atoms with Crippen LogP contribution in [0.3, 0.4) is 0 Å². The molecule has 2 aromatic rings. The zero-order valence-corrected chi connectivity index (χ0v) is 20.8. The van der Waals surface area contributed by atoms with Crippen LogP contribution in [0.15, 0.2) is 42.6 Å². The van der Waals surface area contributed by atoms with E-state index < -0.39 is 5.60 Å². The molecule has 0 spiro atoms. The number of benzene rings is 1. The highest BCUT2D eigenvalue weighted by molar-refractivity contribution is 6.04. The number of hydrogen-bond acceptors (Lipinski definition) is 6. The van der Waals surface area contributed by atoms with Crippen LogP contribution in [0.4, 0.5) is 16.3 Å². The second-order valence-corrected chi connectivity index (χ2v) is 9.57. The van der Waals surface area contributed by atoms with Crippen molar-refractivity contribution in [2.75, 3.05) is 37.0 Å². The molecule has 0 bridgehead atoms. The van der Waals surface area contributed by atoms with E-state index >= 15 is 0 Å². The Labute approximate surface area is 203 Å². The lowest BCUT2D eigenvalue weighted by molar-refractivity contribution is 0.0237. The van der Waals surface area contributed by atoms with Gasteiger partial charge in [-0.3, -0.25) is 4.79 Å². The van der Waals surface area contributed by atoms with Crippen LogP contribution < -0.4 is 15.0 Å². The number of likely N-dealkylation sites (N-methyl/N-ethyl adjacent to an activating group) is 1. The third-order valence-electron chi connectivity index (χ3n) is 5.61. The molecule has 3 rings (SSSR count). The van der Waals surface area contributed by atoms with Gasteiger partial charge in [-0.15, -0.1) is 0 Å². The first kappa shape index (κ1) is 25.3. The molecule has 0 aliphatic carbocycles. The van der Waals surface area contributed by atoms with Gasteiger partial charge in [0.25, 0.3) is 5.91 Å². The first-order chi connectivity index (χ1) is 16.2. The van der Waals surface area contributed by atoms with Gasteiger partial charge < -0.3 is 24.6 Å². The number of carbonyl (C=O) groups is 2. The first-order valence-corrected chi connectivity index (χ1v) is 11.9. The van der Waals surface area contributed by atoms with E-state index in [0.717, 1.165) is 37.4 Å². The Bertz CT molecular complexity index is 961. The molecule has 1 unspecified atom stereocenters. The summed E-state index contributed by atoms with van der Waals surface area (Å²) in [5.74, 6) is 1.37. The Morgan fingerprint density at radius 2 is 1.94 bits per heavy atom. The number of rotatable bonds is 8. The third-order valence-corrected chi connectivity index (χ3v) is 5.61. The van der Waals surface area contributed by atoms with E-state index in [0.29, 0.717) is 24.4 Å². The van der Waals surface area contributed by atoms with Crippen LogP contribution in [0.1, 0.15) is 58.7 Å². The number of anilines is 2. The number of ether oxygens (including phenoxy) is 2. The Balaban J connectivity index is 0.00000432. The second kappa shape index (κ2) is 11.2. The van der Waals surface area contributed by atoms with Crippen LogP contribution in [0, 0.1) is 0 Å². The number of nitrogens with zero attached hydrogens (tertiary/aromatic N) is 3. The predicted octanol–water partition coefficient (Wildman–Crippen LogP) is 5.20. The molecule has 1 N–H and O–H groups in total. The van der Waals surface area contributed by atoms with Gasteiger partial charge >= 0.3 is 6.09 Å². The molecule has 1 aromatic carbocycles. The van der Waals surface area contributed by atoms with Gasteiger partial charge in [0.2, 0.25) is 0 Å². The summed E-state index contributed by atoms with van der Waals surface area (Å²) in [6, 6.07) is 10.9. The van der Waals surface area contributed by atoms with E-state index in [-0.39, 0.29) is 19.5 Å². The standard InChI is InChI=1S/C26H36N4O4.H2/c1-6-7-16-33-22-11-8-19(9-12-22)24(31)28-20-10-13-23(27-17-20)30-15-14-21(18-30)29(5)25(32)34-26(2,3)4;/h8-13,17,21H,6-7,14-16,18H2,1-5H3,(H,28,31);1H. The minimum absolute atomic E-state index is 0. The number of pyridine rings is 1. The number of carbonyl (C=O) groups excluding carboxylic acids is 2. The lowest BCUT2D eigenvalue weighted by Gasteiger charge is -2.28. The average Bonchev–Trinajstić information content (AvgIpc) is 3.29. The molecular weight excluding hydrogens is 432 g/mol. The fourth-order valence-corrected chi connectivity index (χ4v) is 3.64. The van der Waals surface area contributed by atoms with Crippen molar-refractivity contribution in [3.63, 3.8) is 0 Å². The van der Waals surface area contributed by atoms with Crippen LogP contribution >= 0.6 is 0 Å². The highest BCUT2D eigenvalue weighted by Gasteiger charge is 2.31. The number of unbranched alkanes of at least 4 members (excludes halogenated alkanes) is 1. The molecule has 1 aliphatic rings. The van der Waals surface area contributed by atoms with Crippen molar-refractivity contribution in [1.82, 2.24) is 9.88 Å². The SMILES string of the molecule is CCCCOc1ccc(C(=O)Nc2ccc(N3CCC(N(C)C(=O)OC(C)(C)C)C3)nc2)cc1.[HH]. The highest BCUT2D eigenvalue weighted by Crippen LogP contribution is 2.23. The summed E-state index contributed by atoms with van der Waals surface area (Å²) in [4.78, 5) is 33.2. The summed E-state index contributed by atoms with van der Waals surface area (Å²) < 4.78 is 11.1. The maximum absolute atomic E-state index is 12.6. The van der Waals surface area contributed by atoms with Crippen LogP contribution in [-0.4, -0.2) is 60.3 Å². The van der Waals surface area contributed by atoms with E-state index in [1.165, 1.54) is 0 Å². The predicted molar refractivity (Wildman–Crippen MR) is 136 cm³/mol. The Kier molecular flexibility index (Phi) is 8.36. The largest absolute Gasteiger partial charge is 0.494 e. The van der Waals surface area contributed by atoms with Gasteiger partial charge in [0.1, 0.15) is 17.2 Å². The van der Waals surface area contributed by atoms with Crippen molar-refractivity contribution in [2.24, 2.45) is 0 Å². The molecule has 186 valence electrons. The second-order valence-electron chi connectivity index (χ2n) is 9.57. The molecule has 1 aromatic heterocycles. The maximum atomic E-state index is 12.6. The Morgan fingerprint density at radius 1 is 1.21 bits per heavy atom. The summed E-state index contributed by atoms with van der Waals surface area (Å²) in [5.41, 5.74) is 0.661. The lowest BCUT2D eigenvalue weighted by Crippen LogP contribution is -2.42. The van der Waals surface area contributed by atoms with Gasteiger partial charge in [-0.2, -0.15) is 0 Å². The quantitative estimate of drug-likeness (QED) is 0.534. The molecule has 8 nitrogen and oxygen atoms in total. The fraction of sp³-hybridized carbons (Fsp3) is 0.500. The van der Waals surface area contributed by atoms with Crippen LogP contribution in [0.5, 0.6) is 5.75 Å². The molecule has 1 aliphatic heterocycles. The fourth-order valence-electron chi connectivity index (χ4n) is 3.64. The first-order valence-electron chi connectivity index (χ1n) is 11.9. The molecule has 8 heteroatoms. The minimum Gasteiger partial charge on any atom is -0.494 e. The maximum Gasteiger partial charge on any atom is 0.410 e. The van der Waals surface area contributed by atoms with Crippen LogP contribution in [0.25, 0.3) is 0 Å². The average molecular weight is 471 g/mol. The van der Waals surface area contributed by atoms with Crippen molar-refractivity contribution < 1.29 is 20.5 Å². The molecule has 0 radical (unpaired) electrons. The van der Waals surface area contributed by atoms with E-state index in [1.807, 2.05) is 45.0 Å². The molecular formula is C26H38N4O4. The van der Waals surface area contributed by atoms with Crippen molar-refractivity contribution in [2.45, 2.75) is 58.6 Å². The molecule has 1 saturated heterocycles. The topological polar surface area (TPSA) is 84.0 Å². The Hall–Kier alpha value is -3.29. The normalized spacial score (nSPS) is 15.7. The number of amides is 2. The highest BCUT2D eigenvalue weighted by atomic mass is 16.6. The van der Waals surface area contributed by atoms with E-state index in [9.17, 15) is 9.59 Å². The van der Waals surface area contributed by atoms with Gasteiger partial charge in [0.15, 0.2) is 0 Å². The van der Waals surface area contributed by atoms with Crippen molar-refractivity contribution >= 4 is 23.5 Å². The van der Waals surface area contributed by atoms with Crippen molar-refractivity contribution in [1.29, 1.82) is 0 Å². The van der Waals surface area contributed by atoms with Gasteiger partial charge in [-0.1, -0.05) is 13.3 Å². The van der Waals surface area contributed by atoms with Crippen LogP contribution in [0.2, 0.25) is 0 Å². The molecule has 1 atom stereocenters. The lowest BCUT2D eigenvalue weighted by atomic mass is 10.2. The van der Waals surface area contributed by atoms with Crippen molar-refractivity contribution in [3.8, 4) is 5.75 Å². The summed E-state index contributed by atoms with van der Waals surface area (Å²) in [5, 5.41) is 2.88. The summed E-state index contributed by atoms with van der Waals surface area (Å²) >= 11 is 0. The summed E-state index contributed by atoms with van der Waals surface area (Å²) in [6.07, 6.45) is 4.26. The molecule has 2 amide bonds. The Morgan fingerprint density at radius 3 is 2.56 bits per heavy atom. The minimum atomic E-state index is -0.518. The smallest absolute Gasteiger partial charge is 0.410 e. The number of aromatic nitrogens is 1.